The van der Waals surface area contributed by atoms with Gasteiger partial charge in [-0.25, -0.2) is 0 Å². The van der Waals surface area contributed by atoms with Crippen molar-refractivity contribution in [2.75, 3.05) is 32.7 Å². The molecular formula is C11H23N3. The van der Waals surface area contributed by atoms with Crippen molar-refractivity contribution in [2.24, 2.45) is 0 Å². The molecule has 1 rings (SSSR count). The summed E-state index contributed by atoms with van der Waals surface area (Å²) in [5.41, 5.74) is 0. The third-order valence-corrected chi connectivity index (χ3v) is 2.78. The topological polar surface area (TPSA) is 30.3 Å². The van der Waals surface area contributed by atoms with Gasteiger partial charge in [-0.15, -0.1) is 0 Å². The summed E-state index contributed by atoms with van der Waals surface area (Å²) in [6.45, 7) is 9.97. The zero-order chi connectivity index (χ0) is 10.4. The van der Waals surface area contributed by atoms with Crippen molar-refractivity contribution in [1.82, 2.24) is 9.80 Å². The normalized spacial score (nSPS) is 18.6. The summed E-state index contributed by atoms with van der Waals surface area (Å²) in [5.74, 6) is 0.837. The minimum absolute atomic E-state index is 0.837. The average Bonchev–Trinajstić information content (AvgIpc) is 2.20. The van der Waals surface area contributed by atoms with E-state index in [2.05, 4.69) is 23.6 Å². The second kappa shape index (κ2) is 6.02. The third kappa shape index (κ3) is 3.29. The first-order chi connectivity index (χ1) is 6.77. The third-order valence-electron chi connectivity index (χ3n) is 2.78. The van der Waals surface area contributed by atoms with Crippen LogP contribution in [-0.2, 0) is 0 Å². The predicted molar refractivity (Wildman–Crippen MR) is 60.9 cm³/mol. The van der Waals surface area contributed by atoms with Gasteiger partial charge in [-0.05, 0) is 19.4 Å². The zero-order valence-corrected chi connectivity index (χ0v) is 9.55. The number of hydrogen-bond acceptors (Lipinski definition) is 2. The zero-order valence-electron chi connectivity index (χ0n) is 9.55. The van der Waals surface area contributed by atoms with Crippen molar-refractivity contribution >= 4 is 5.84 Å². The average molecular weight is 197 g/mol. The molecule has 0 unspecified atom stereocenters. The van der Waals surface area contributed by atoms with Gasteiger partial charge in [-0.2, -0.15) is 0 Å². The van der Waals surface area contributed by atoms with Crippen LogP contribution in [0.2, 0.25) is 0 Å². The lowest BCUT2D eigenvalue weighted by molar-refractivity contribution is 0.180. The molecule has 0 bridgehead atoms. The van der Waals surface area contributed by atoms with Crippen molar-refractivity contribution in [1.29, 1.82) is 5.41 Å². The lowest BCUT2D eigenvalue weighted by Gasteiger charge is -2.36. The highest BCUT2D eigenvalue weighted by Gasteiger charge is 2.17. The predicted octanol–water partition coefficient (Wildman–Crippen LogP) is 1.79. The maximum absolute atomic E-state index is 7.86. The van der Waals surface area contributed by atoms with E-state index >= 15 is 0 Å². The van der Waals surface area contributed by atoms with E-state index in [1.807, 2.05) is 0 Å². The minimum atomic E-state index is 0.837. The Morgan fingerprint density at radius 2 is 1.71 bits per heavy atom. The van der Waals surface area contributed by atoms with E-state index in [9.17, 15) is 0 Å². The molecule has 0 aromatic carbocycles. The standard InChI is InChI=1S/C11H23N3/c1-3-5-11(12)14-9-7-13(6-4-2)8-10-14/h12H,3-10H2,1-2H3. The van der Waals surface area contributed by atoms with E-state index < -0.39 is 0 Å². The van der Waals surface area contributed by atoms with Crippen LogP contribution in [-0.4, -0.2) is 48.4 Å². The molecule has 0 atom stereocenters. The number of nitrogens with one attached hydrogen (secondary N) is 1. The van der Waals surface area contributed by atoms with Crippen LogP contribution in [0.25, 0.3) is 0 Å². The molecule has 0 amide bonds. The number of nitrogens with zero attached hydrogens (tertiary/aromatic N) is 2. The van der Waals surface area contributed by atoms with Gasteiger partial charge < -0.3 is 4.90 Å². The highest BCUT2D eigenvalue weighted by Crippen LogP contribution is 2.05. The summed E-state index contributed by atoms with van der Waals surface area (Å²) >= 11 is 0. The van der Waals surface area contributed by atoms with Crippen LogP contribution in [0.4, 0.5) is 0 Å². The number of rotatable bonds is 4. The van der Waals surface area contributed by atoms with Crippen LogP contribution in [0.3, 0.4) is 0 Å². The van der Waals surface area contributed by atoms with E-state index in [4.69, 9.17) is 5.41 Å². The molecule has 0 spiro atoms. The summed E-state index contributed by atoms with van der Waals surface area (Å²) in [4.78, 5) is 4.73. The van der Waals surface area contributed by atoms with Crippen molar-refractivity contribution < 1.29 is 0 Å². The summed E-state index contributed by atoms with van der Waals surface area (Å²) in [5, 5.41) is 7.86. The Labute approximate surface area is 87.6 Å². The van der Waals surface area contributed by atoms with Crippen molar-refractivity contribution in [3.05, 3.63) is 0 Å². The van der Waals surface area contributed by atoms with Gasteiger partial charge >= 0.3 is 0 Å². The van der Waals surface area contributed by atoms with Crippen LogP contribution in [0, 0.1) is 5.41 Å². The van der Waals surface area contributed by atoms with Gasteiger partial charge in [0, 0.05) is 32.6 Å². The van der Waals surface area contributed by atoms with Crippen LogP contribution < -0.4 is 0 Å². The second-order valence-electron chi connectivity index (χ2n) is 4.03. The number of hydrogen-bond donors (Lipinski definition) is 1. The Kier molecular flexibility index (Phi) is 4.94. The summed E-state index contributed by atoms with van der Waals surface area (Å²) in [6, 6.07) is 0. The van der Waals surface area contributed by atoms with Gasteiger partial charge in [0.05, 0.1) is 5.84 Å². The largest absolute Gasteiger partial charge is 0.358 e. The van der Waals surface area contributed by atoms with E-state index in [0.717, 1.165) is 44.9 Å². The van der Waals surface area contributed by atoms with Gasteiger partial charge in [-0.1, -0.05) is 13.8 Å². The summed E-state index contributed by atoms with van der Waals surface area (Å²) < 4.78 is 0. The Morgan fingerprint density at radius 3 is 2.21 bits per heavy atom. The highest BCUT2D eigenvalue weighted by molar-refractivity contribution is 5.79. The SMILES string of the molecule is CCCC(=N)N1CCN(CCC)CC1. The van der Waals surface area contributed by atoms with Crippen molar-refractivity contribution in [3.63, 3.8) is 0 Å². The van der Waals surface area contributed by atoms with Gasteiger partial charge in [0.1, 0.15) is 0 Å². The van der Waals surface area contributed by atoms with Gasteiger partial charge in [0.2, 0.25) is 0 Å². The maximum atomic E-state index is 7.86. The lowest BCUT2D eigenvalue weighted by atomic mass is 10.2. The second-order valence-corrected chi connectivity index (χ2v) is 4.03. The van der Waals surface area contributed by atoms with E-state index in [1.54, 1.807) is 0 Å². The molecule has 1 aliphatic rings. The van der Waals surface area contributed by atoms with Crippen LogP contribution in [0.15, 0.2) is 0 Å². The van der Waals surface area contributed by atoms with Crippen molar-refractivity contribution in [2.45, 2.75) is 33.1 Å². The van der Waals surface area contributed by atoms with Crippen LogP contribution in [0.1, 0.15) is 33.1 Å². The van der Waals surface area contributed by atoms with Gasteiger partial charge in [0.25, 0.3) is 0 Å². The molecule has 0 radical (unpaired) electrons. The number of piperazine rings is 1. The molecule has 1 aliphatic heterocycles. The smallest absolute Gasteiger partial charge is 0.0958 e. The van der Waals surface area contributed by atoms with Crippen LogP contribution in [0.5, 0.6) is 0 Å². The molecule has 82 valence electrons. The molecule has 0 aliphatic carbocycles. The summed E-state index contributed by atoms with van der Waals surface area (Å²) in [6.07, 6.45) is 3.27. The quantitative estimate of drug-likeness (QED) is 0.550. The van der Waals surface area contributed by atoms with E-state index in [-0.39, 0.29) is 0 Å². The fourth-order valence-electron chi connectivity index (χ4n) is 1.95. The monoisotopic (exact) mass is 197 g/mol. The Bertz CT molecular complexity index is 171. The van der Waals surface area contributed by atoms with Gasteiger partial charge in [0.15, 0.2) is 0 Å². The molecule has 0 aromatic heterocycles. The molecule has 0 aromatic rings. The molecule has 14 heavy (non-hydrogen) atoms. The first-order valence-electron chi connectivity index (χ1n) is 5.82. The Balaban J connectivity index is 2.24. The molecule has 0 saturated carbocycles. The first-order valence-corrected chi connectivity index (χ1v) is 5.82. The minimum Gasteiger partial charge on any atom is -0.358 e. The fourth-order valence-corrected chi connectivity index (χ4v) is 1.95. The molecule has 3 nitrogen and oxygen atoms in total. The molecular weight excluding hydrogens is 174 g/mol. The van der Waals surface area contributed by atoms with Crippen LogP contribution >= 0.6 is 0 Å². The molecule has 1 heterocycles. The summed E-state index contributed by atoms with van der Waals surface area (Å²) in [7, 11) is 0. The maximum Gasteiger partial charge on any atom is 0.0958 e. The highest BCUT2D eigenvalue weighted by atomic mass is 15.3. The molecule has 3 heteroatoms. The Hall–Kier alpha value is -0.570. The molecule has 1 saturated heterocycles. The molecule has 1 fully saturated rings. The first kappa shape index (κ1) is 11.5. The van der Waals surface area contributed by atoms with Gasteiger partial charge in [-0.3, -0.25) is 10.3 Å². The number of amidine groups is 1. The van der Waals surface area contributed by atoms with Crippen molar-refractivity contribution in [3.8, 4) is 0 Å². The lowest BCUT2D eigenvalue weighted by Crippen LogP contribution is -2.48. The molecule has 1 N–H and O–H groups in total. The Morgan fingerprint density at radius 1 is 1.07 bits per heavy atom. The fraction of sp³-hybridized carbons (Fsp3) is 0.909. The van der Waals surface area contributed by atoms with E-state index in [0.29, 0.717) is 0 Å². The van der Waals surface area contributed by atoms with E-state index in [1.165, 1.54) is 13.0 Å².